The number of nitrogens with one attached hydrogen (secondary N) is 1. The Morgan fingerprint density at radius 2 is 1.81 bits per heavy atom. The van der Waals surface area contributed by atoms with Crippen LogP contribution in [0.4, 0.5) is 0 Å². The summed E-state index contributed by atoms with van der Waals surface area (Å²) in [5.74, 6) is 0.421. The van der Waals surface area contributed by atoms with E-state index >= 15 is 0 Å². The molecule has 2 saturated heterocycles. The molecule has 3 rings (SSSR count). The Balaban J connectivity index is 1.32. The van der Waals surface area contributed by atoms with E-state index in [9.17, 15) is 14.4 Å². The van der Waals surface area contributed by atoms with Crippen LogP contribution in [0.5, 0.6) is 0 Å². The minimum Gasteiger partial charge on any atom is -0.351 e. The standard InChI is InChI=1S/C19H27N3O3S/c23-17(6-3-9-20-18(24)16-5-4-14-26-16)21-12-7-15(8-13-21)19(25)22-10-1-2-11-22/h4-5,14-15H,1-3,6-13H2,(H,20,24). The highest BCUT2D eigenvalue weighted by Crippen LogP contribution is 2.22. The summed E-state index contributed by atoms with van der Waals surface area (Å²) in [4.78, 5) is 41.1. The van der Waals surface area contributed by atoms with Crippen molar-refractivity contribution in [2.75, 3.05) is 32.7 Å². The van der Waals surface area contributed by atoms with Crippen LogP contribution in [0.25, 0.3) is 0 Å². The van der Waals surface area contributed by atoms with Crippen molar-refractivity contribution in [2.24, 2.45) is 5.92 Å². The van der Waals surface area contributed by atoms with E-state index in [-0.39, 0.29) is 23.6 Å². The Morgan fingerprint density at radius 3 is 2.46 bits per heavy atom. The fourth-order valence-electron chi connectivity index (χ4n) is 3.67. The maximum atomic E-state index is 12.4. The molecule has 1 aromatic heterocycles. The lowest BCUT2D eigenvalue weighted by molar-refractivity contribution is -0.140. The molecular weight excluding hydrogens is 350 g/mol. The van der Waals surface area contributed by atoms with Gasteiger partial charge in [-0.3, -0.25) is 14.4 Å². The van der Waals surface area contributed by atoms with Crippen molar-refractivity contribution in [2.45, 2.75) is 38.5 Å². The number of hydrogen-bond donors (Lipinski definition) is 1. The first kappa shape index (κ1) is 18.9. The van der Waals surface area contributed by atoms with E-state index in [2.05, 4.69) is 5.32 Å². The summed E-state index contributed by atoms with van der Waals surface area (Å²) < 4.78 is 0. The van der Waals surface area contributed by atoms with Gasteiger partial charge in [-0.05, 0) is 43.6 Å². The average Bonchev–Trinajstić information content (AvgIpc) is 3.38. The molecule has 2 fully saturated rings. The number of carbonyl (C=O) groups is 3. The zero-order valence-corrected chi connectivity index (χ0v) is 15.9. The summed E-state index contributed by atoms with van der Waals surface area (Å²) >= 11 is 1.41. The van der Waals surface area contributed by atoms with E-state index in [1.54, 1.807) is 6.07 Å². The number of likely N-dealkylation sites (tertiary alicyclic amines) is 2. The number of hydrogen-bond acceptors (Lipinski definition) is 4. The van der Waals surface area contributed by atoms with Gasteiger partial charge in [-0.25, -0.2) is 0 Å². The molecule has 0 spiro atoms. The fourth-order valence-corrected chi connectivity index (χ4v) is 4.31. The summed E-state index contributed by atoms with van der Waals surface area (Å²) in [6, 6.07) is 3.64. The highest BCUT2D eigenvalue weighted by molar-refractivity contribution is 7.12. The van der Waals surface area contributed by atoms with Crippen LogP contribution in [-0.4, -0.2) is 60.2 Å². The van der Waals surface area contributed by atoms with Crippen molar-refractivity contribution in [3.8, 4) is 0 Å². The van der Waals surface area contributed by atoms with Crippen molar-refractivity contribution in [3.63, 3.8) is 0 Å². The molecule has 6 nitrogen and oxygen atoms in total. The van der Waals surface area contributed by atoms with Gasteiger partial charge in [0, 0.05) is 45.1 Å². The molecular formula is C19H27N3O3S. The molecule has 2 aliphatic heterocycles. The Morgan fingerprint density at radius 1 is 1.08 bits per heavy atom. The van der Waals surface area contributed by atoms with E-state index in [1.165, 1.54) is 11.3 Å². The summed E-state index contributed by atoms with van der Waals surface area (Å²) in [5, 5.41) is 4.72. The Bertz CT molecular complexity index is 618. The normalized spacial score (nSPS) is 18.2. The second-order valence-corrected chi connectivity index (χ2v) is 7.97. The lowest BCUT2D eigenvalue weighted by atomic mass is 9.95. The van der Waals surface area contributed by atoms with Crippen LogP contribution < -0.4 is 5.32 Å². The minimum atomic E-state index is -0.0753. The zero-order valence-electron chi connectivity index (χ0n) is 15.1. The molecule has 26 heavy (non-hydrogen) atoms. The summed E-state index contributed by atoms with van der Waals surface area (Å²) in [5.41, 5.74) is 0. The number of amides is 3. The lowest BCUT2D eigenvalue weighted by Crippen LogP contribution is -2.43. The van der Waals surface area contributed by atoms with Crippen LogP contribution in [0.1, 0.15) is 48.2 Å². The predicted octanol–water partition coefficient (Wildman–Crippen LogP) is 2.12. The van der Waals surface area contributed by atoms with Crippen LogP contribution >= 0.6 is 11.3 Å². The van der Waals surface area contributed by atoms with Gasteiger partial charge < -0.3 is 15.1 Å². The fraction of sp³-hybridized carbons (Fsp3) is 0.632. The molecule has 1 N–H and O–H groups in total. The molecule has 0 aromatic carbocycles. The monoisotopic (exact) mass is 377 g/mol. The third kappa shape index (κ3) is 4.84. The predicted molar refractivity (Wildman–Crippen MR) is 101 cm³/mol. The quantitative estimate of drug-likeness (QED) is 0.772. The summed E-state index contributed by atoms with van der Waals surface area (Å²) in [7, 11) is 0. The number of thiophene rings is 1. The van der Waals surface area contributed by atoms with Crippen molar-refractivity contribution >= 4 is 29.1 Å². The van der Waals surface area contributed by atoms with Crippen LogP contribution in [0.2, 0.25) is 0 Å². The van der Waals surface area contributed by atoms with Crippen LogP contribution in [0, 0.1) is 5.92 Å². The molecule has 3 amide bonds. The van der Waals surface area contributed by atoms with Gasteiger partial charge in [-0.15, -0.1) is 11.3 Å². The molecule has 0 aliphatic carbocycles. The molecule has 3 heterocycles. The van der Waals surface area contributed by atoms with Crippen LogP contribution in [0.15, 0.2) is 17.5 Å². The molecule has 0 unspecified atom stereocenters. The van der Waals surface area contributed by atoms with Crippen molar-refractivity contribution in [1.82, 2.24) is 15.1 Å². The smallest absolute Gasteiger partial charge is 0.261 e. The SMILES string of the molecule is O=C(NCCCC(=O)N1CCC(C(=O)N2CCCC2)CC1)c1cccs1. The number of rotatable bonds is 6. The van der Waals surface area contributed by atoms with E-state index in [4.69, 9.17) is 0 Å². The second-order valence-electron chi connectivity index (χ2n) is 7.02. The largest absolute Gasteiger partial charge is 0.351 e. The van der Waals surface area contributed by atoms with Gasteiger partial charge in [0.1, 0.15) is 0 Å². The Kier molecular flexibility index (Phi) is 6.66. The van der Waals surface area contributed by atoms with Crippen LogP contribution in [0.3, 0.4) is 0 Å². The molecule has 0 atom stereocenters. The molecule has 0 saturated carbocycles. The van der Waals surface area contributed by atoms with Crippen molar-refractivity contribution < 1.29 is 14.4 Å². The maximum Gasteiger partial charge on any atom is 0.261 e. The number of carbonyl (C=O) groups excluding carboxylic acids is 3. The van der Waals surface area contributed by atoms with E-state index in [0.29, 0.717) is 37.4 Å². The Labute approximate surface area is 158 Å². The van der Waals surface area contributed by atoms with Gasteiger partial charge in [0.05, 0.1) is 4.88 Å². The third-order valence-electron chi connectivity index (χ3n) is 5.21. The topological polar surface area (TPSA) is 69.7 Å². The van der Waals surface area contributed by atoms with E-state index < -0.39 is 0 Å². The number of piperidine rings is 1. The van der Waals surface area contributed by atoms with Gasteiger partial charge in [0.25, 0.3) is 5.91 Å². The molecule has 0 bridgehead atoms. The molecule has 1 aromatic rings. The number of nitrogens with zero attached hydrogens (tertiary/aromatic N) is 2. The summed E-state index contributed by atoms with van der Waals surface area (Å²) in [6.45, 7) is 3.64. The van der Waals surface area contributed by atoms with Gasteiger partial charge in [-0.2, -0.15) is 0 Å². The molecule has 7 heteroatoms. The maximum absolute atomic E-state index is 12.4. The highest BCUT2D eigenvalue weighted by Gasteiger charge is 2.30. The van der Waals surface area contributed by atoms with Gasteiger partial charge in [0.2, 0.25) is 11.8 Å². The van der Waals surface area contributed by atoms with E-state index in [1.807, 2.05) is 21.2 Å². The summed E-state index contributed by atoms with van der Waals surface area (Å²) in [6.07, 6.45) is 4.86. The Hall–Kier alpha value is -1.89. The molecule has 142 valence electrons. The van der Waals surface area contributed by atoms with Gasteiger partial charge in [0.15, 0.2) is 0 Å². The average molecular weight is 378 g/mol. The first-order chi connectivity index (χ1) is 12.6. The van der Waals surface area contributed by atoms with Gasteiger partial charge >= 0.3 is 0 Å². The van der Waals surface area contributed by atoms with Crippen LogP contribution in [-0.2, 0) is 9.59 Å². The highest BCUT2D eigenvalue weighted by atomic mass is 32.1. The first-order valence-corrected chi connectivity index (χ1v) is 10.4. The van der Waals surface area contributed by atoms with Gasteiger partial charge in [-0.1, -0.05) is 6.07 Å². The molecule has 0 radical (unpaired) electrons. The molecule has 2 aliphatic rings. The lowest BCUT2D eigenvalue weighted by Gasteiger charge is -2.33. The second kappa shape index (κ2) is 9.16. The van der Waals surface area contributed by atoms with Crippen molar-refractivity contribution in [1.29, 1.82) is 0 Å². The van der Waals surface area contributed by atoms with Crippen molar-refractivity contribution in [3.05, 3.63) is 22.4 Å². The zero-order chi connectivity index (χ0) is 18.4. The first-order valence-electron chi connectivity index (χ1n) is 9.53. The van der Waals surface area contributed by atoms with E-state index in [0.717, 1.165) is 38.8 Å². The minimum absolute atomic E-state index is 0.0753. The third-order valence-corrected chi connectivity index (χ3v) is 6.08.